The average molecular weight is 318 g/mol. The van der Waals surface area contributed by atoms with E-state index in [2.05, 4.69) is 41.4 Å². The molecule has 1 atom stereocenters. The van der Waals surface area contributed by atoms with Gasteiger partial charge in [0.1, 0.15) is 0 Å². The summed E-state index contributed by atoms with van der Waals surface area (Å²) in [6.45, 7) is 8.30. The van der Waals surface area contributed by atoms with Crippen molar-refractivity contribution in [2.45, 2.75) is 25.9 Å². The fourth-order valence-corrected chi connectivity index (χ4v) is 3.48. The van der Waals surface area contributed by atoms with Crippen LogP contribution in [0.3, 0.4) is 0 Å². The Morgan fingerprint density at radius 3 is 2.83 bits per heavy atom. The fraction of sp³-hybridized carbons (Fsp3) is 0.611. The Morgan fingerprint density at radius 1 is 1.35 bits per heavy atom. The Balaban J connectivity index is 1.40. The summed E-state index contributed by atoms with van der Waals surface area (Å²) in [5.41, 5.74) is 2.65. The highest BCUT2D eigenvalue weighted by atomic mass is 16.5. The Bertz CT molecular complexity index is 521. The predicted octanol–water partition coefficient (Wildman–Crippen LogP) is -0.00488. The van der Waals surface area contributed by atoms with E-state index in [1.54, 1.807) is 0 Å². The molecule has 0 aliphatic carbocycles. The molecule has 0 unspecified atom stereocenters. The van der Waals surface area contributed by atoms with Gasteiger partial charge >= 0.3 is 0 Å². The zero-order chi connectivity index (χ0) is 16.1. The molecule has 1 aromatic rings. The molecular formula is C18H28N3O2+. The number of hydrogen-bond acceptors (Lipinski definition) is 3. The van der Waals surface area contributed by atoms with Crippen LogP contribution in [0.25, 0.3) is 0 Å². The van der Waals surface area contributed by atoms with Crippen LogP contribution >= 0.6 is 0 Å². The van der Waals surface area contributed by atoms with Crippen molar-refractivity contribution in [1.82, 2.24) is 5.32 Å². The largest absolute Gasteiger partial charge is 0.376 e. The number of rotatable bonds is 5. The topological polar surface area (TPSA) is 46.0 Å². The van der Waals surface area contributed by atoms with Crippen LogP contribution in [0, 0.1) is 6.92 Å². The van der Waals surface area contributed by atoms with Crippen LogP contribution in [0.5, 0.6) is 0 Å². The third-order valence-corrected chi connectivity index (χ3v) is 4.89. The molecule has 0 saturated carbocycles. The summed E-state index contributed by atoms with van der Waals surface area (Å²) in [5, 5.41) is 3.03. The molecular weight excluding hydrogens is 290 g/mol. The quantitative estimate of drug-likeness (QED) is 0.803. The van der Waals surface area contributed by atoms with Crippen LogP contribution in [0.15, 0.2) is 24.3 Å². The molecule has 0 bridgehead atoms. The maximum atomic E-state index is 12.1. The highest BCUT2D eigenvalue weighted by Crippen LogP contribution is 2.18. The van der Waals surface area contributed by atoms with Crippen molar-refractivity contribution in [3.8, 4) is 0 Å². The number of piperazine rings is 1. The van der Waals surface area contributed by atoms with Gasteiger partial charge in [-0.05, 0) is 31.4 Å². The molecule has 23 heavy (non-hydrogen) atoms. The van der Waals surface area contributed by atoms with E-state index in [0.29, 0.717) is 13.1 Å². The molecule has 0 aromatic heterocycles. The smallest absolute Gasteiger partial charge is 0.275 e. The minimum absolute atomic E-state index is 0.153. The average Bonchev–Trinajstić information content (AvgIpc) is 3.08. The first-order valence-electron chi connectivity index (χ1n) is 8.75. The van der Waals surface area contributed by atoms with Crippen LogP contribution in [0.4, 0.5) is 5.69 Å². The number of para-hydroxylation sites is 1. The van der Waals surface area contributed by atoms with Gasteiger partial charge in [-0.3, -0.25) is 4.79 Å². The van der Waals surface area contributed by atoms with E-state index in [9.17, 15) is 4.79 Å². The van der Waals surface area contributed by atoms with E-state index in [-0.39, 0.29) is 12.0 Å². The summed E-state index contributed by atoms with van der Waals surface area (Å²) >= 11 is 0. The zero-order valence-corrected chi connectivity index (χ0v) is 14.0. The monoisotopic (exact) mass is 318 g/mol. The number of aryl methyl sites for hydroxylation is 1. The number of ether oxygens (including phenoxy) is 1. The lowest BCUT2D eigenvalue weighted by molar-refractivity contribution is -0.892. The van der Waals surface area contributed by atoms with Crippen molar-refractivity contribution in [3.63, 3.8) is 0 Å². The number of quaternary nitrogens is 1. The van der Waals surface area contributed by atoms with Crippen molar-refractivity contribution in [3.05, 3.63) is 29.8 Å². The van der Waals surface area contributed by atoms with Crippen molar-refractivity contribution < 1.29 is 14.4 Å². The van der Waals surface area contributed by atoms with Crippen molar-refractivity contribution in [1.29, 1.82) is 0 Å². The molecule has 1 aromatic carbocycles. The summed E-state index contributed by atoms with van der Waals surface area (Å²) in [7, 11) is 0. The van der Waals surface area contributed by atoms with Crippen LogP contribution in [-0.2, 0) is 9.53 Å². The van der Waals surface area contributed by atoms with Crippen molar-refractivity contribution in [2.75, 3.05) is 50.8 Å². The lowest BCUT2D eigenvalue weighted by Gasteiger charge is -2.34. The molecule has 3 rings (SSSR count). The van der Waals surface area contributed by atoms with E-state index in [0.717, 1.165) is 45.6 Å². The molecule has 5 nitrogen and oxygen atoms in total. The molecule has 0 radical (unpaired) electrons. The second kappa shape index (κ2) is 7.79. The molecule has 2 saturated heterocycles. The van der Waals surface area contributed by atoms with Crippen molar-refractivity contribution in [2.24, 2.45) is 0 Å². The highest BCUT2D eigenvalue weighted by Gasteiger charge is 2.23. The normalized spacial score (nSPS) is 22.3. The second-order valence-electron chi connectivity index (χ2n) is 6.64. The SMILES string of the molecule is Cc1ccccc1N1CC[NH+](CC(=O)NC[C@@H]2CCCO2)CC1. The summed E-state index contributed by atoms with van der Waals surface area (Å²) in [6, 6.07) is 8.53. The summed E-state index contributed by atoms with van der Waals surface area (Å²) in [5.74, 6) is 0.153. The molecule has 5 heteroatoms. The molecule has 2 heterocycles. The Hall–Kier alpha value is -1.59. The van der Waals surface area contributed by atoms with Gasteiger partial charge in [-0.25, -0.2) is 0 Å². The maximum Gasteiger partial charge on any atom is 0.275 e. The molecule has 1 amide bonds. The van der Waals surface area contributed by atoms with Gasteiger partial charge in [0.25, 0.3) is 5.91 Å². The van der Waals surface area contributed by atoms with E-state index >= 15 is 0 Å². The minimum atomic E-state index is 0.153. The van der Waals surface area contributed by atoms with Gasteiger partial charge in [0, 0.05) is 18.8 Å². The van der Waals surface area contributed by atoms with Crippen LogP contribution in [0.2, 0.25) is 0 Å². The third-order valence-electron chi connectivity index (χ3n) is 4.89. The van der Waals surface area contributed by atoms with Gasteiger partial charge in [0.15, 0.2) is 6.54 Å². The first-order chi connectivity index (χ1) is 11.2. The summed E-state index contributed by atoms with van der Waals surface area (Å²) < 4.78 is 5.54. The van der Waals surface area contributed by atoms with Crippen LogP contribution < -0.4 is 15.1 Å². The minimum Gasteiger partial charge on any atom is -0.376 e. The van der Waals surface area contributed by atoms with Gasteiger partial charge in [0.05, 0.1) is 32.3 Å². The molecule has 2 fully saturated rings. The van der Waals surface area contributed by atoms with Gasteiger partial charge in [-0.2, -0.15) is 0 Å². The third kappa shape index (κ3) is 4.45. The van der Waals surface area contributed by atoms with Gasteiger partial charge in [0.2, 0.25) is 0 Å². The Kier molecular flexibility index (Phi) is 5.51. The fourth-order valence-electron chi connectivity index (χ4n) is 3.48. The van der Waals surface area contributed by atoms with E-state index in [1.807, 2.05) is 0 Å². The number of carbonyl (C=O) groups is 1. The number of hydrogen-bond donors (Lipinski definition) is 2. The molecule has 126 valence electrons. The molecule has 2 aliphatic rings. The predicted molar refractivity (Wildman–Crippen MR) is 90.9 cm³/mol. The Labute approximate surface area is 138 Å². The number of nitrogens with zero attached hydrogens (tertiary/aromatic N) is 1. The number of anilines is 1. The van der Waals surface area contributed by atoms with Crippen LogP contribution in [0.1, 0.15) is 18.4 Å². The number of nitrogens with one attached hydrogen (secondary N) is 2. The first-order valence-corrected chi connectivity index (χ1v) is 8.75. The Morgan fingerprint density at radius 2 is 2.13 bits per heavy atom. The highest BCUT2D eigenvalue weighted by molar-refractivity contribution is 5.76. The van der Waals surface area contributed by atoms with Crippen molar-refractivity contribution >= 4 is 11.6 Å². The van der Waals surface area contributed by atoms with E-state index in [1.165, 1.54) is 16.2 Å². The number of amides is 1. The summed E-state index contributed by atoms with van der Waals surface area (Å²) in [4.78, 5) is 15.9. The second-order valence-corrected chi connectivity index (χ2v) is 6.64. The lowest BCUT2D eigenvalue weighted by Crippen LogP contribution is -3.16. The molecule has 2 aliphatic heterocycles. The summed E-state index contributed by atoms with van der Waals surface area (Å²) in [6.07, 6.45) is 2.42. The van der Waals surface area contributed by atoms with Crippen LogP contribution in [-0.4, -0.2) is 57.9 Å². The molecule has 0 spiro atoms. The van der Waals surface area contributed by atoms with Gasteiger partial charge < -0.3 is 19.9 Å². The zero-order valence-electron chi connectivity index (χ0n) is 14.0. The number of carbonyl (C=O) groups excluding carboxylic acids is 1. The first kappa shape index (κ1) is 16.3. The standard InChI is InChI=1S/C18H27N3O2/c1-15-5-2-3-7-17(15)21-10-8-20(9-11-21)14-18(22)19-13-16-6-4-12-23-16/h2-3,5,7,16H,4,6,8-14H2,1H3,(H,19,22)/p+1/t16-/m0/s1. The van der Waals surface area contributed by atoms with E-state index in [4.69, 9.17) is 4.74 Å². The van der Waals surface area contributed by atoms with Gasteiger partial charge in [-0.15, -0.1) is 0 Å². The number of benzene rings is 1. The lowest BCUT2D eigenvalue weighted by atomic mass is 10.1. The van der Waals surface area contributed by atoms with Gasteiger partial charge in [-0.1, -0.05) is 18.2 Å². The molecule has 2 N–H and O–H groups in total. The maximum absolute atomic E-state index is 12.1. The van der Waals surface area contributed by atoms with E-state index < -0.39 is 0 Å².